The first-order valence-electron chi connectivity index (χ1n) is 9.48. The Morgan fingerprint density at radius 3 is 2.57 bits per heavy atom. The van der Waals surface area contributed by atoms with E-state index >= 15 is 0 Å². The molecule has 148 valence electrons. The second kappa shape index (κ2) is 8.89. The molecular weight excluding hydrogens is 356 g/mol. The van der Waals surface area contributed by atoms with Crippen molar-refractivity contribution in [2.45, 2.75) is 25.3 Å². The van der Waals surface area contributed by atoms with Gasteiger partial charge < -0.3 is 19.3 Å². The summed E-state index contributed by atoms with van der Waals surface area (Å²) in [5, 5.41) is 10.5. The highest BCUT2D eigenvalue weighted by Crippen LogP contribution is 2.38. The number of aryl methyl sites for hydroxylation is 1. The van der Waals surface area contributed by atoms with E-state index in [2.05, 4.69) is 0 Å². The molecule has 1 aromatic heterocycles. The summed E-state index contributed by atoms with van der Waals surface area (Å²) in [5.41, 5.74) is 1.18. The zero-order valence-electron chi connectivity index (χ0n) is 16.3. The lowest BCUT2D eigenvalue weighted by molar-refractivity contribution is -0.129. The van der Waals surface area contributed by atoms with E-state index in [1.807, 2.05) is 49.3 Å². The van der Waals surface area contributed by atoms with Crippen molar-refractivity contribution in [1.82, 2.24) is 9.80 Å². The molecule has 6 nitrogen and oxygen atoms in total. The largest absolute Gasteiger partial charge is 0.503 e. The Morgan fingerprint density at radius 1 is 1.18 bits per heavy atom. The maximum absolute atomic E-state index is 13.0. The molecule has 28 heavy (non-hydrogen) atoms. The number of benzene rings is 1. The molecule has 2 aromatic rings. The molecule has 1 aliphatic heterocycles. The number of Topliss-reactive ketones (excluding diaryl/α,β-unsaturated/α-hetero) is 1. The first-order chi connectivity index (χ1) is 13.5. The van der Waals surface area contributed by atoms with Crippen molar-refractivity contribution in [1.29, 1.82) is 0 Å². The van der Waals surface area contributed by atoms with Crippen molar-refractivity contribution in [3.63, 3.8) is 0 Å². The van der Waals surface area contributed by atoms with Crippen LogP contribution in [0.1, 0.15) is 30.2 Å². The zero-order valence-corrected chi connectivity index (χ0v) is 16.3. The number of rotatable bonds is 9. The van der Waals surface area contributed by atoms with E-state index in [-0.39, 0.29) is 17.8 Å². The van der Waals surface area contributed by atoms with Crippen LogP contribution in [0, 0.1) is 0 Å². The number of carbonyl (C=O) groups is 2. The fourth-order valence-electron chi connectivity index (χ4n) is 3.51. The molecule has 1 N–H and O–H groups in total. The van der Waals surface area contributed by atoms with Crippen LogP contribution in [0.4, 0.5) is 0 Å². The van der Waals surface area contributed by atoms with Gasteiger partial charge in [0.15, 0.2) is 11.5 Å². The second-order valence-electron chi connectivity index (χ2n) is 7.24. The Kier molecular flexibility index (Phi) is 6.31. The molecule has 0 spiro atoms. The fourth-order valence-corrected chi connectivity index (χ4v) is 3.51. The lowest BCUT2D eigenvalue weighted by Gasteiger charge is -2.25. The zero-order chi connectivity index (χ0) is 20.1. The molecule has 1 unspecified atom stereocenters. The molecule has 6 heteroatoms. The van der Waals surface area contributed by atoms with E-state index in [9.17, 15) is 14.7 Å². The molecule has 2 heterocycles. The predicted molar refractivity (Wildman–Crippen MR) is 106 cm³/mol. The van der Waals surface area contributed by atoms with Crippen molar-refractivity contribution >= 4 is 11.7 Å². The quantitative estimate of drug-likeness (QED) is 0.721. The molecular formula is C22H26N2O4. The van der Waals surface area contributed by atoms with Gasteiger partial charge in [-0.3, -0.25) is 9.59 Å². The molecule has 0 saturated heterocycles. The van der Waals surface area contributed by atoms with Gasteiger partial charge in [0.2, 0.25) is 0 Å². The molecule has 0 fully saturated rings. The minimum absolute atomic E-state index is 0.140. The monoisotopic (exact) mass is 382 g/mol. The Balaban J connectivity index is 1.80. The summed E-state index contributed by atoms with van der Waals surface area (Å²) in [6, 6.07) is 12.5. The second-order valence-corrected chi connectivity index (χ2v) is 7.24. The van der Waals surface area contributed by atoms with E-state index in [0.29, 0.717) is 18.7 Å². The van der Waals surface area contributed by atoms with Gasteiger partial charge >= 0.3 is 0 Å². The van der Waals surface area contributed by atoms with E-state index < -0.39 is 17.7 Å². The van der Waals surface area contributed by atoms with Crippen molar-refractivity contribution < 1.29 is 19.1 Å². The van der Waals surface area contributed by atoms with Crippen LogP contribution in [-0.2, 0) is 16.0 Å². The molecule has 0 bridgehead atoms. The minimum Gasteiger partial charge on any atom is -0.503 e. The maximum atomic E-state index is 13.0. The van der Waals surface area contributed by atoms with Gasteiger partial charge in [-0.15, -0.1) is 0 Å². The Morgan fingerprint density at radius 2 is 1.93 bits per heavy atom. The van der Waals surface area contributed by atoms with Gasteiger partial charge in [0.05, 0.1) is 11.8 Å². The van der Waals surface area contributed by atoms with Crippen LogP contribution in [0.15, 0.2) is 64.5 Å². The van der Waals surface area contributed by atoms with Gasteiger partial charge in [0.1, 0.15) is 11.8 Å². The molecule has 1 atom stereocenters. The van der Waals surface area contributed by atoms with Crippen molar-refractivity contribution in [3.8, 4) is 0 Å². The highest BCUT2D eigenvalue weighted by molar-refractivity contribution is 6.08. The number of nitrogens with zero attached hydrogens (tertiary/aromatic N) is 2. The van der Waals surface area contributed by atoms with Crippen LogP contribution in [0.25, 0.3) is 0 Å². The lowest BCUT2D eigenvalue weighted by Crippen LogP contribution is -2.33. The highest BCUT2D eigenvalue weighted by Gasteiger charge is 2.44. The number of ketones is 1. The Bertz CT molecular complexity index is 841. The minimum atomic E-state index is -0.673. The number of furan rings is 1. The van der Waals surface area contributed by atoms with Crippen LogP contribution >= 0.6 is 0 Å². The number of aliphatic hydroxyl groups is 1. The fraction of sp³-hybridized carbons (Fsp3) is 0.364. The average molecular weight is 382 g/mol. The summed E-state index contributed by atoms with van der Waals surface area (Å²) in [6.45, 7) is 1.23. The molecule has 0 saturated carbocycles. The number of hydrogen-bond acceptors (Lipinski definition) is 5. The molecule has 1 aromatic carbocycles. The van der Waals surface area contributed by atoms with Crippen LogP contribution in [0.5, 0.6) is 0 Å². The van der Waals surface area contributed by atoms with Crippen molar-refractivity contribution in [2.75, 3.05) is 27.2 Å². The van der Waals surface area contributed by atoms with Crippen molar-refractivity contribution in [3.05, 3.63) is 71.4 Å². The number of hydrogen-bond donors (Lipinski definition) is 1. The summed E-state index contributed by atoms with van der Waals surface area (Å²) in [4.78, 5) is 29.2. The van der Waals surface area contributed by atoms with Gasteiger partial charge in [0, 0.05) is 13.0 Å². The molecule has 3 rings (SSSR count). The van der Waals surface area contributed by atoms with Gasteiger partial charge in [-0.25, -0.2) is 0 Å². The highest BCUT2D eigenvalue weighted by atomic mass is 16.3. The van der Waals surface area contributed by atoms with E-state index in [0.717, 1.165) is 18.5 Å². The third-order valence-corrected chi connectivity index (χ3v) is 4.90. The van der Waals surface area contributed by atoms with Crippen LogP contribution < -0.4 is 0 Å². The first kappa shape index (κ1) is 19.9. The van der Waals surface area contributed by atoms with E-state index in [1.165, 1.54) is 11.2 Å². The summed E-state index contributed by atoms with van der Waals surface area (Å²) in [6.07, 6.45) is 3.02. The Labute approximate surface area is 165 Å². The summed E-state index contributed by atoms with van der Waals surface area (Å²) in [7, 11) is 3.92. The average Bonchev–Trinajstić information content (AvgIpc) is 3.29. The number of carbonyl (C=O) groups excluding carboxylic acids is 2. The third-order valence-electron chi connectivity index (χ3n) is 4.90. The van der Waals surface area contributed by atoms with Crippen LogP contribution in [0.2, 0.25) is 0 Å². The van der Waals surface area contributed by atoms with Crippen molar-refractivity contribution in [2.24, 2.45) is 0 Å². The number of aliphatic hydroxyl groups excluding tert-OH is 1. The summed E-state index contributed by atoms with van der Waals surface area (Å²) >= 11 is 0. The van der Waals surface area contributed by atoms with Crippen LogP contribution in [0.3, 0.4) is 0 Å². The maximum Gasteiger partial charge on any atom is 0.290 e. The van der Waals surface area contributed by atoms with E-state index in [1.54, 1.807) is 12.1 Å². The number of amides is 1. The molecule has 1 aliphatic rings. The van der Waals surface area contributed by atoms with Gasteiger partial charge in [-0.05, 0) is 51.2 Å². The summed E-state index contributed by atoms with van der Waals surface area (Å²) in [5.74, 6) is -0.705. The van der Waals surface area contributed by atoms with E-state index in [4.69, 9.17) is 4.42 Å². The summed E-state index contributed by atoms with van der Waals surface area (Å²) < 4.78 is 5.51. The van der Waals surface area contributed by atoms with Crippen LogP contribution in [-0.4, -0.2) is 53.8 Å². The predicted octanol–water partition coefficient (Wildman–Crippen LogP) is 3.13. The van der Waals surface area contributed by atoms with Gasteiger partial charge in [0.25, 0.3) is 5.91 Å². The Hall–Kier alpha value is -2.86. The molecule has 1 amide bonds. The van der Waals surface area contributed by atoms with Gasteiger partial charge in [-0.2, -0.15) is 0 Å². The third kappa shape index (κ3) is 4.34. The standard InChI is InChI=1S/C22H26N2O4/c1-23(2)13-7-14-24-20(18-10-6-15-28-18)19(21(26)22(24)27)17(25)12-11-16-8-4-3-5-9-16/h3-6,8-10,15,20,26H,7,11-14H2,1-2H3. The van der Waals surface area contributed by atoms with Gasteiger partial charge in [-0.1, -0.05) is 30.3 Å². The SMILES string of the molecule is CN(C)CCCN1C(=O)C(O)=C(C(=O)CCc2ccccc2)C1c1ccco1. The lowest BCUT2D eigenvalue weighted by atomic mass is 9.96. The first-order valence-corrected chi connectivity index (χ1v) is 9.48. The molecule has 0 aliphatic carbocycles. The molecule has 0 radical (unpaired) electrons. The topological polar surface area (TPSA) is 74.0 Å². The normalized spacial score (nSPS) is 17.0. The smallest absolute Gasteiger partial charge is 0.290 e.